The number of ether oxygens (including phenoxy) is 1. The smallest absolute Gasteiger partial charge is 0.180 e. The third kappa shape index (κ3) is 3.70. The zero-order valence-electron chi connectivity index (χ0n) is 12.7. The summed E-state index contributed by atoms with van der Waals surface area (Å²) < 4.78 is 7.50. The average Bonchev–Trinajstić information content (AvgIpc) is 3.18. The summed E-state index contributed by atoms with van der Waals surface area (Å²) in [6.45, 7) is 5.23. The molecule has 3 rings (SSSR count). The van der Waals surface area contributed by atoms with Gasteiger partial charge in [0.2, 0.25) is 0 Å². The van der Waals surface area contributed by atoms with Crippen molar-refractivity contribution in [2.24, 2.45) is 0 Å². The van der Waals surface area contributed by atoms with Crippen molar-refractivity contribution in [1.82, 2.24) is 29.9 Å². The van der Waals surface area contributed by atoms with Crippen LogP contribution in [0.15, 0.2) is 18.5 Å². The molecule has 2 aromatic rings. The van der Waals surface area contributed by atoms with Crippen LogP contribution in [0.25, 0.3) is 0 Å². The SMILES string of the molecule is CCc1nc([C@H]2CN(C[C@H](O)Cn3cccn3)CCO2)n[nH]1. The van der Waals surface area contributed by atoms with Gasteiger partial charge in [-0.2, -0.15) is 10.2 Å². The molecule has 1 aliphatic rings. The van der Waals surface area contributed by atoms with Gasteiger partial charge in [-0.05, 0) is 6.07 Å². The van der Waals surface area contributed by atoms with Gasteiger partial charge in [0.1, 0.15) is 11.9 Å². The highest BCUT2D eigenvalue weighted by atomic mass is 16.5. The van der Waals surface area contributed by atoms with E-state index < -0.39 is 6.10 Å². The fourth-order valence-electron chi connectivity index (χ4n) is 2.62. The molecular weight excluding hydrogens is 284 g/mol. The lowest BCUT2D eigenvalue weighted by atomic mass is 10.2. The second-order valence-electron chi connectivity index (χ2n) is 5.49. The summed E-state index contributed by atoms with van der Waals surface area (Å²) in [5.41, 5.74) is 0. The molecule has 0 saturated carbocycles. The molecule has 120 valence electrons. The molecule has 0 unspecified atom stereocenters. The number of aliphatic hydroxyl groups excluding tert-OH is 1. The van der Waals surface area contributed by atoms with Crippen molar-refractivity contribution in [3.05, 3.63) is 30.1 Å². The van der Waals surface area contributed by atoms with Crippen molar-refractivity contribution in [3.8, 4) is 0 Å². The second-order valence-corrected chi connectivity index (χ2v) is 5.49. The maximum absolute atomic E-state index is 10.2. The van der Waals surface area contributed by atoms with E-state index in [2.05, 4.69) is 25.2 Å². The molecule has 0 radical (unpaired) electrons. The molecule has 2 atom stereocenters. The number of aliphatic hydroxyl groups is 1. The van der Waals surface area contributed by atoms with Crippen LogP contribution < -0.4 is 0 Å². The van der Waals surface area contributed by atoms with E-state index in [4.69, 9.17) is 4.74 Å². The van der Waals surface area contributed by atoms with Crippen molar-refractivity contribution in [2.75, 3.05) is 26.2 Å². The van der Waals surface area contributed by atoms with E-state index >= 15 is 0 Å². The molecule has 2 N–H and O–H groups in total. The fraction of sp³-hybridized carbons (Fsp3) is 0.643. The lowest BCUT2D eigenvalue weighted by molar-refractivity contribution is -0.0473. The summed E-state index contributed by atoms with van der Waals surface area (Å²) in [4.78, 5) is 6.62. The van der Waals surface area contributed by atoms with Crippen LogP contribution in [0.5, 0.6) is 0 Å². The van der Waals surface area contributed by atoms with Gasteiger partial charge < -0.3 is 9.84 Å². The number of aryl methyl sites for hydroxylation is 1. The van der Waals surface area contributed by atoms with E-state index in [1.165, 1.54) is 0 Å². The van der Waals surface area contributed by atoms with Crippen molar-refractivity contribution >= 4 is 0 Å². The first-order valence-corrected chi connectivity index (χ1v) is 7.65. The summed E-state index contributed by atoms with van der Waals surface area (Å²) in [5, 5.41) is 21.4. The predicted molar refractivity (Wildman–Crippen MR) is 79.1 cm³/mol. The maximum atomic E-state index is 10.2. The zero-order valence-corrected chi connectivity index (χ0v) is 12.7. The molecule has 1 saturated heterocycles. The number of aromatic nitrogens is 5. The van der Waals surface area contributed by atoms with Crippen LogP contribution in [0.2, 0.25) is 0 Å². The Kier molecular flexibility index (Phi) is 4.81. The molecule has 3 heterocycles. The molecule has 22 heavy (non-hydrogen) atoms. The molecule has 0 spiro atoms. The van der Waals surface area contributed by atoms with E-state index in [1.807, 2.05) is 19.2 Å². The van der Waals surface area contributed by atoms with Crippen molar-refractivity contribution in [1.29, 1.82) is 0 Å². The van der Waals surface area contributed by atoms with Gasteiger partial charge in [-0.3, -0.25) is 14.7 Å². The Balaban J connectivity index is 1.53. The number of H-pyrrole nitrogens is 1. The summed E-state index contributed by atoms with van der Waals surface area (Å²) in [6.07, 6.45) is 3.79. The van der Waals surface area contributed by atoms with Crippen LogP contribution in [-0.2, 0) is 17.7 Å². The average molecular weight is 306 g/mol. The monoisotopic (exact) mass is 306 g/mol. The highest BCUT2D eigenvalue weighted by Gasteiger charge is 2.26. The van der Waals surface area contributed by atoms with Gasteiger partial charge in [-0.1, -0.05) is 6.92 Å². The van der Waals surface area contributed by atoms with Gasteiger partial charge in [0.15, 0.2) is 5.82 Å². The minimum atomic E-state index is -0.461. The number of morpholine rings is 1. The molecule has 1 aliphatic heterocycles. The van der Waals surface area contributed by atoms with Gasteiger partial charge >= 0.3 is 0 Å². The largest absolute Gasteiger partial charge is 0.390 e. The second kappa shape index (κ2) is 6.99. The minimum absolute atomic E-state index is 0.137. The first kappa shape index (κ1) is 15.1. The summed E-state index contributed by atoms with van der Waals surface area (Å²) in [6, 6.07) is 1.85. The number of nitrogens with one attached hydrogen (secondary N) is 1. The molecule has 0 aliphatic carbocycles. The van der Waals surface area contributed by atoms with E-state index in [0.29, 0.717) is 32.1 Å². The molecule has 0 bridgehead atoms. The third-order valence-corrected chi connectivity index (χ3v) is 3.75. The molecule has 8 nitrogen and oxygen atoms in total. The number of hydrogen-bond acceptors (Lipinski definition) is 6. The van der Waals surface area contributed by atoms with Gasteiger partial charge in [-0.25, -0.2) is 4.98 Å². The topological polar surface area (TPSA) is 92.1 Å². The normalized spacial score (nSPS) is 21.1. The van der Waals surface area contributed by atoms with Crippen LogP contribution >= 0.6 is 0 Å². The van der Waals surface area contributed by atoms with Gasteiger partial charge in [0.25, 0.3) is 0 Å². The Bertz CT molecular complexity index is 570. The van der Waals surface area contributed by atoms with Crippen molar-refractivity contribution in [3.63, 3.8) is 0 Å². The highest BCUT2D eigenvalue weighted by Crippen LogP contribution is 2.19. The lowest BCUT2D eigenvalue weighted by Gasteiger charge is -2.32. The van der Waals surface area contributed by atoms with Gasteiger partial charge in [-0.15, -0.1) is 0 Å². The third-order valence-electron chi connectivity index (χ3n) is 3.75. The number of rotatable bonds is 6. The number of nitrogens with zero attached hydrogens (tertiary/aromatic N) is 5. The first-order valence-electron chi connectivity index (χ1n) is 7.65. The molecular formula is C14H22N6O2. The lowest BCUT2D eigenvalue weighted by Crippen LogP contribution is -2.43. The molecule has 8 heteroatoms. The Morgan fingerprint density at radius 1 is 1.50 bits per heavy atom. The van der Waals surface area contributed by atoms with E-state index in [0.717, 1.165) is 18.8 Å². The molecule has 0 amide bonds. The van der Waals surface area contributed by atoms with E-state index in [1.54, 1.807) is 10.9 Å². The van der Waals surface area contributed by atoms with Gasteiger partial charge in [0, 0.05) is 38.4 Å². The molecule has 0 aromatic carbocycles. The van der Waals surface area contributed by atoms with Gasteiger partial charge in [0.05, 0.1) is 19.3 Å². The maximum Gasteiger partial charge on any atom is 0.180 e. The fourth-order valence-corrected chi connectivity index (χ4v) is 2.62. The van der Waals surface area contributed by atoms with Crippen LogP contribution in [0.3, 0.4) is 0 Å². The molecule has 2 aromatic heterocycles. The number of β-amino-alcohol motifs (C(OH)–C–C–N with tert-alkyl or cyclic N) is 1. The van der Waals surface area contributed by atoms with Crippen molar-refractivity contribution in [2.45, 2.75) is 32.1 Å². The van der Waals surface area contributed by atoms with Crippen LogP contribution in [-0.4, -0.2) is 67.3 Å². The van der Waals surface area contributed by atoms with Crippen LogP contribution in [0, 0.1) is 0 Å². The van der Waals surface area contributed by atoms with Crippen LogP contribution in [0.1, 0.15) is 24.7 Å². The number of aromatic amines is 1. The summed E-state index contributed by atoms with van der Waals surface area (Å²) in [5.74, 6) is 1.57. The Hall–Kier alpha value is -1.77. The van der Waals surface area contributed by atoms with E-state index in [-0.39, 0.29) is 6.10 Å². The quantitative estimate of drug-likeness (QED) is 0.780. The predicted octanol–water partition coefficient (Wildman–Crippen LogP) is -0.00200. The van der Waals surface area contributed by atoms with Crippen LogP contribution in [0.4, 0.5) is 0 Å². The molecule has 1 fully saturated rings. The Morgan fingerprint density at radius 3 is 3.14 bits per heavy atom. The highest BCUT2D eigenvalue weighted by molar-refractivity contribution is 4.96. The summed E-state index contributed by atoms with van der Waals surface area (Å²) >= 11 is 0. The standard InChI is InChI=1S/C14H22N6O2/c1-2-13-16-14(18-17-13)12-10-19(6-7-22-12)8-11(21)9-20-5-3-4-15-20/h3-5,11-12,21H,2,6-10H2,1H3,(H,16,17,18)/t11-,12+/m0/s1. The minimum Gasteiger partial charge on any atom is -0.390 e. The number of hydrogen-bond donors (Lipinski definition) is 2. The van der Waals surface area contributed by atoms with Crippen molar-refractivity contribution < 1.29 is 9.84 Å². The van der Waals surface area contributed by atoms with E-state index in [9.17, 15) is 5.11 Å². The Morgan fingerprint density at radius 2 is 2.41 bits per heavy atom. The summed E-state index contributed by atoms with van der Waals surface area (Å²) in [7, 11) is 0. The zero-order chi connectivity index (χ0) is 15.4. The Labute approximate surface area is 129 Å². The first-order chi connectivity index (χ1) is 10.7.